The van der Waals surface area contributed by atoms with Crippen molar-refractivity contribution in [3.63, 3.8) is 0 Å². The first-order valence-corrected chi connectivity index (χ1v) is 5.32. The van der Waals surface area contributed by atoms with Crippen molar-refractivity contribution in [2.75, 3.05) is 11.1 Å². The molecule has 1 heterocycles. The highest BCUT2D eigenvalue weighted by molar-refractivity contribution is 6.32. The van der Waals surface area contributed by atoms with Crippen molar-refractivity contribution >= 4 is 40.4 Å². The fraction of sp³-hybridized carbons (Fsp3) is 0. The maximum absolute atomic E-state index is 13.6. The number of nitrogen functional groups attached to an aromatic ring is 1. The lowest BCUT2D eigenvalue weighted by Gasteiger charge is -2.09. The predicted molar refractivity (Wildman–Crippen MR) is 66.1 cm³/mol. The number of rotatable bonds is 2. The van der Waals surface area contributed by atoms with Crippen molar-refractivity contribution < 1.29 is 4.39 Å². The highest BCUT2D eigenvalue weighted by Crippen LogP contribution is 2.28. The minimum absolute atomic E-state index is 0.00808. The Hall–Kier alpha value is -1.59. The van der Waals surface area contributed by atoms with Gasteiger partial charge in [-0.15, -0.1) is 0 Å². The van der Waals surface area contributed by atoms with E-state index >= 15 is 0 Å². The molecule has 0 fully saturated rings. The molecule has 3 N–H and O–H groups in total. The zero-order chi connectivity index (χ0) is 12.4. The van der Waals surface area contributed by atoms with Crippen molar-refractivity contribution in [3.8, 4) is 0 Å². The lowest BCUT2D eigenvalue weighted by Crippen LogP contribution is -2.02. The van der Waals surface area contributed by atoms with Gasteiger partial charge in [-0.05, 0) is 12.1 Å². The second-order valence-corrected chi connectivity index (χ2v) is 3.92. The van der Waals surface area contributed by atoms with Crippen LogP contribution in [-0.4, -0.2) is 9.97 Å². The SMILES string of the molecule is Nc1c(Cl)ncnc1Nc1cccc(Cl)c1F. The van der Waals surface area contributed by atoms with E-state index in [2.05, 4.69) is 15.3 Å². The summed E-state index contributed by atoms with van der Waals surface area (Å²) < 4.78 is 13.6. The zero-order valence-electron chi connectivity index (χ0n) is 8.42. The molecule has 0 amide bonds. The van der Waals surface area contributed by atoms with Gasteiger partial charge < -0.3 is 11.1 Å². The summed E-state index contributed by atoms with van der Waals surface area (Å²) in [6.07, 6.45) is 1.23. The summed E-state index contributed by atoms with van der Waals surface area (Å²) in [6.45, 7) is 0. The second kappa shape index (κ2) is 4.73. The summed E-state index contributed by atoms with van der Waals surface area (Å²) in [6, 6.07) is 4.56. The Balaban J connectivity index is 2.38. The Morgan fingerprint density at radius 3 is 2.76 bits per heavy atom. The maximum atomic E-state index is 13.6. The summed E-state index contributed by atoms with van der Waals surface area (Å²) in [7, 11) is 0. The van der Waals surface area contributed by atoms with Crippen LogP contribution in [-0.2, 0) is 0 Å². The monoisotopic (exact) mass is 272 g/mol. The van der Waals surface area contributed by atoms with Gasteiger partial charge in [0.15, 0.2) is 16.8 Å². The number of hydrogen-bond donors (Lipinski definition) is 2. The summed E-state index contributed by atoms with van der Waals surface area (Å²) in [5, 5.41) is 2.81. The van der Waals surface area contributed by atoms with Crippen molar-refractivity contribution in [3.05, 3.63) is 40.5 Å². The van der Waals surface area contributed by atoms with E-state index in [1.165, 1.54) is 18.5 Å². The molecule has 0 aliphatic carbocycles. The Morgan fingerprint density at radius 2 is 2.00 bits per heavy atom. The van der Waals surface area contributed by atoms with Crippen molar-refractivity contribution in [1.29, 1.82) is 0 Å². The molecule has 2 aromatic rings. The van der Waals surface area contributed by atoms with Crippen molar-refractivity contribution in [2.24, 2.45) is 0 Å². The highest BCUT2D eigenvalue weighted by Gasteiger charge is 2.10. The van der Waals surface area contributed by atoms with Crippen molar-refractivity contribution in [2.45, 2.75) is 0 Å². The molecule has 1 aromatic carbocycles. The van der Waals surface area contributed by atoms with Gasteiger partial charge in [0, 0.05) is 0 Å². The number of nitrogens with zero attached hydrogens (tertiary/aromatic N) is 2. The molecule has 0 bridgehead atoms. The number of nitrogens with one attached hydrogen (secondary N) is 1. The largest absolute Gasteiger partial charge is 0.393 e. The maximum Gasteiger partial charge on any atom is 0.165 e. The van der Waals surface area contributed by atoms with Gasteiger partial charge in [0.25, 0.3) is 0 Å². The molecule has 0 saturated carbocycles. The molecular weight excluding hydrogens is 266 g/mol. The molecule has 0 aliphatic rings. The molecule has 0 spiro atoms. The van der Waals surface area contributed by atoms with Crippen LogP contribution in [0, 0.1) is 5.82 Å². The summed E-state index contributed by atoms with van der Waals surface area (Å²) >= 11 is 11.4. The van der Waals surface area contributed by atoms with Gasteiger partial charge in [-0.25, -0.2) is 14.4 Å². The molecule has 0 atom stereocenters. The molecule has 0 aliphatic heterocycles. The Bertz CT molecular complexity index is 512. The van der Waals surface area contributed by atoms with Crippen LogP contribution in [0.4, 0.5) is 21.6 Å². The molecule has 7 heteroatoms. The molecule has 2 rings (SSSR count). The first-order chi connectivity index (χ1) is 8.09. The number of hydrogen-bond acceptors (Lipinski definition) is 4. The predicted octanol–water partition coefficient (Wildman–Crippen LogP) is 3.25. The van der Waals surface area contributed by atoms with Crippen molar-refractivity contribution in [1.82, 2.24) is 9.97 Å². The molecule has 4 nitrogen and oxygen atoms in total. The molecule has 0 radical (unpaired) electrons. The molecule has 1 aromatic heterocycles. The minimum Gasteiger partial charge on any atom is -0.393 e. The minimum atomic E-state index is -0.580. The van der Waals surface area contributed by atoms with Gasteiger partial charge in [-0.2, -0.15) is 0 Å². The van der Waals surface area contributed by atoms with E-state index in [0.717, 1.165) is 0 Å². The van der Waals surface area contributed by atoms with Crippen LogP contribution in [0.5, 0.6) is 0 Å². The topological polar surface area (TPSA) is 63.8 Å². The fourth-order valence-electron chi connectivity index (χ4n) is 1.20. The van der Waals surface area contributed by atoms with E-state index in [1.54, 1.807) is 6.07 Å². The van der Waals surface area contributed by atoms with Gasteiger partial charge in [-0.3, -0.25) is 0 Å². The normalized spacial score (nSPS) is 10.3. The van der Waals surface area contributed by atoms with Crippen LogP contribution in [0.1, 0.15) is 0 Å². The highest BCUT2D eigenvalue weighted by atomic mass is 35.5. The zero-order valence-corrected chi connectivity index (χ0v) is 9.93. The second-order valence-electron chi connectivity index (χ2n) is 3.15. The Morgan fingerprint density at radius 1 is 1.24 bits per heavy atom. The third-order valence-corrected chi connectivity index (χ3v) is 2.63. The first kappa shape index (κ1) is 11.9. The van der Waals surface area contributed by atoms with Gasteiger partial charge in [-0.1, -0.05) is 29.3 Å². The van der Waals surface area contributed by atoms with Gasteiger partial charge in [0.05, 0.1) is 10.7 Å². The van der Waals surface area contributed by atoms with Crippen LogP contribution in [0.2, 0.25) is 10.2 Å². The Labute approximate surface area is 107 Å². The van der Waals surface area contributed by atoms with E-state index in [1.807, 2.05) is 0 Å². The molecule has 0 unspecified atom stereocenters. The standard InChI is InChI=1S/C10H7Cl2FN4/c11-5-2-1-3-6(7(5)13)17-10-8(14)9(12)15-4-16-10/h1-4H,14H2,(H,15,16,17). The molecule has 0 saturated heterocycles. The quantitative estimate of drug-likeness (QED) is 0.824. The van der Waals surface area contributed by atoms with Crippen LogP contribution in [0.25, 0.3) is 0 Å². The Kier molecular flexibility index (Phi) is 3.31. The summed E-state index contributed by atoms with van der Waals surface area (Å²) in [4.78, 5) is 7.55. The average Bonchev–Trinajstić information content (AvgIpc) is 2.31. The van der Waals surface area contributed by atoms with Crippen LogP contribution in [0.15, 0.2) is 24.5 Å². The van der Waals surface area contributed by atoms with Gasteiger partial charge >= 0.3 is 0 Å². The molecule has 88 valence electrons. The summed E-state index contributed by atoms with van der Waals surface area (Å²) in [5.41, 5.74) is 5.96. The number of nitrogens with two attached hydrogens (primary N) is 1. The third kappa shape index (κ3) is 2.40. The summed E-state index contributed by atoms with van der Waals surface area (Å²) in [5.74, 6) is -0.352. The van der Waals surface area contributed by atoms with E-state index in [-0.39, 0.29) is 27.4 Å². The number of anilines is 3. The average molecular weight is 273 g/mol. The number of aromatic nitrogens is 2. The molecular formula is C10H7Cl2FN4. The van der Waals surface area contributed by atoms with E-state index in [4.69, 9.17) is 28.9 Å². The van der Waals surface area contributed by atoms with E-state index in [0.29, 0.717) is 0 Å². The fourth-order valence-corrected chi connectivity index (χ4v) is 1.51. The lowest BCUT2D eigenvalue weighted by atomic mass is 10.3. The van der Waals surface area contributed by atoms with E-state index < -0.39 is 5.82 Å². The molecule has 17 heavy (non-hydrogen) atoms. The van der Waals surface area contributed by atoms with Crippen LogP contribution in [0.3, 0.4) is 0 Å². The van der Waals surface area contributed by atoms with Crippen LogP contribution < -0.4 is 11.1 Å². The smallest absolute Gasteiger partial charge is 0.165 e. The van der Waals surface area contributed by atoms with Crippen LogP contribution >= 0.6 is 23.2 Å². The third-order valence-electron chi connectivity index (χ3n) is 2.04. The van der Waals surface area contributed by atoms with E-state index in [9.17, 15) is 4.39 Å². The lowest BCUT2D eigenvalue weighted by molar-refractivity contribution is 0.632. The number of halogens is 3. The first-order valence-electron chi connectivity index (χ1n) is 4.56. The number of benzene rings is 1. The van der Waals surface area contributed by atoms with Gasteiger partial charge in [0.2, 0.25) is 0 Å². The van der Waals surface area contributed by atoms with Gasteiger partial charge in [0.1, 0.15) is 12.0 Å².